The van der Waals surface area contributed by atoms with Gasteiger partial charge in [-0.1, -0.05) is 13.0 Å². The van der Waals surface area contributed by atoms with Crippen molar-refractivity contribution in [3.63, 3.8) is 0 Å². The molecule has 2 aromatic heterocycles. The van der Waals surface area contributed by atoms with Crippen LogP contribution in [-0.4, -0.2) is 19.2 Å². The SMILES string of the molecule is C=CCc1c(CC)[nH]c(=O)n2c(=S)n(C)nc12. The normalized spacial score (nSPS) is 10.9. The Labute approximate surface area is 103 Å². The van der Waals surface area contributed by atoms with Crippen LogP contribution < -0.4 is 5.69 Å². The van der Waals surface area contributed by atoms with Gasteiger partial charge in [-0.2, -0.15) is 5.10 Å². The minimum atomic E-state index is -0.234. The second-order valence-electron chi connectivity index (χ2n) is 3.80. The standard InChI is InChI=1S/C11H14N4OS/c1-4-6-7-8(5-2)12-10(16)15-9(7)13-14(3)11(15)17/h4H,1,5-6H2,2-3H3,(H,12,16). The van der Waals surface area contributed by atoms with Gasteiger partial charge >= 0.3 is 5.69 Å². The van der Waals surface area contributed by atoms with Crippen LogP contribution in [0.15, 0.2) is 17.4 Å². The predicted molar refractivity (Wildman–Crippen MR) is 68.9 cm³/mol. The summed E-state index contributed by atoms with van der Waals surface area (Å²) in [7, 11) is 1.73. The average Bonchev–Trinajstić information content (AvgIpc) is 2.60. The summed E-state index contributed by atoms with van der Waals surface area (Å²) < 4.78 is 3.36. The minimum Gasteiger partial charge on any atom is -0.311 e. The van der Waals surface area contributed by atoms with Crippen LogP contribution in [0.25, 0.3) is 5.65 Å². The fourth-order valence-electron chi connectivity index (χ4n) is 1.90. The van der Waals surface area contributed by atoms with Crippen LogP contribution in [0.2, 0.25) is 0 Å². The lowest BCUT2D eigenvalue weighted by atomic mass is 10.1. The summed E-state index contributed by atoms with van der Waals surface area (Å²) in [4.78, 5) is 14.8. The molecule has 0 aliphatic carbocycles. The molecule has 1 N–H and O–H groups in total. The van der Waals surface area contributed by atoms with Gasteiger partial charge in [0.1, 0.15) is 0 Å². The fraction of sp³-hybridized carbons (Fsp3) is 0.364. The first-order valence-corrected chi connectivity index (χ1v) is 5.81. The van der Waals surface area contributed by atoms with E-state index in [2.05, 4.69) is 16.7 Å². The van der Waals surface area contributed by atoms with Crippen LogP contribution >= 0.6 is 12.2 Å². The molecule has 2 aromatic rings. The van der Waals surface area contributed by atoms with E-state index in [-0.39, 0.29) is 5.69 Å². The molecular weight excluding hydrogens is 236 g/mol. The highest BCUT2D eigenvalue weighted by atomic mass is 32.1. The molecule has 17 heavy (non-hydrogen) atoms. The summed E-state index contributed by atoms with van der Waals surface area (Å²) in [6.45, 7) is 5.72. The number of aryl methyl sites for hydroxylation is 2. The van der Waals surface area contributed by atoms with E-state index < -0.39 is 0 Å². The van der Waals surface area contributed by atoms with Gasteiger partial charge in [0.25, 0.3) is 0 Å². The first-order chi connectivity index (χ1) is 8.10. The molecule has 2 rings (SSSR count). The van der Waals surface area contributed by atoms with Crippen LogP contribution in [-0.2, 0) is 19.9 Å². The number of nitrogens with zero attached hydrogens (tertiary/aromatic N) is 3. The fourth-order valence-corrected chi connectivity index (χ4v) is 2.11. The predicted octanol–water partition coefficient (Wildman–Crippen LogP) is 1.38. The number of rotatable bonds is 3. The molecule has 5 nitrogen and oxygen atoms in total. The summed E-state index contributed by atoms with van der Waals surface area (Å²) >= 11 is 5.16. The molecule has 0 saturated carbocycles. The summed E-state index contributed by atoms with van der Waals surface area (Å²) in [6, 6.07) is 0. The van der Waals surface area contributed by atoms with Crippen LogP contribution in [0.4, 0.5) is 0 Å². The number of nitrogens with one attached hydrogen (secondary N) is 1. The van der Waals surface area contributed by atoms with Crippen molar-refractivity contribution in [2.75, 3.05) is 0 Å². The molecular formula is C11H14N4OS. The number of hydrogen-bond acceptors (Lipinski definition) is 3. The number of aromatic nitrogens is 4. The van der Waals surface area contributed by atoms with Gasteiger partial charge in [0.05, 0.1) is 0 Å². The Balaban J connectivity index is 2.98. The van der Waals surface area contributed by atoms with Gasteiger partial charge in [-0.3, -0.25) is 0 Å². The largest absolute Gasteiger partial charge is 0.333 e. The van der Waals surface area contributed by atoms with Crippen LogP contribution in [0.1, 0.15) is 18.2 Å². The summed E-state index contributed by atoms with van der Waals surface area (Å²) in [5, 5.41) is 4.31. The molecule has 0 fully saturated rings. The Morgan fingerprint density at radius 1 is 1.59 bits per heavy atom. The number of H-pyrrole nitrogens is 1. The molecule has 0 aromatic carbocycles. The quantitative estimate of drug-likeness (QED) is 0.661. The highest BCUT2D eigenvalue weighted by Crippen LogP contribution is 2.13. The van der Waals surface area contributed by atoms with Gasteiger partial charge in [-0.15, -0.1) is 6.58 Å². The first-order valence-electron chi connectivity index (χ1n) is 5.40. The van der Waals surface area contributed by atoms with Gasteiger partial charge in [0.2, 0.25) is 4.77 Å². The van der Waals surface area contributed by atoms with Crippen molar-refractivity contribution < 1.29 is 0 Å². The van der Waals surface area contributed by atoms with Gasteiger partial charge in [0.15, 0.2) is 5.65 Å². The lowest BCUT2D eigenvalue weighted by Crippen LogP contribution is -2.20. The first kappa shape index (κ1) is 11.8. The van der Waals surface area contributed by atoms with Crippen molar-refractivity contribution in [1.82, 2.24) is 19.2 Å². The van der Waals surface area contributed by atoms with Gasteiger partial charge in [-0.05, 0) is 25.1 Å². The molecule has 0 atom stereocenters. The van der Waals surface area contributed by atoms with Crippen molar-refractivity contribution >= 4 is 17.9 Å². The Hall–Kier alpha value is -1.69. The van der Waals surface area contributed by atoms with Crippen molar-refractivity contribution in [3.05, 3.63) is 39.2 Å². The number of allylic oxidation sites excluding steroid dienone is 1. The lowest BCUT2D eigenvalue weighted by Gasteiger charge is -2.06. The second kappa shape index (κ2) is 4.29. The van der Waals surface area contributed by atoms with Crippen molar-refractivity contribution in [2.45, 2.75) is 19.8 Å². The third-order valence-electron chi connectivity index (χ3n) is 2.72. The molecule has 0 bridgehead atoms. The maximum atomic E-state index is 11.9. The Morgan fingerprint density at radius 2 is 2.29 bits per heavy atom. The smallest absolute Gasteiger partial charge is 0.311 e. The van der Waals surface area contributed by atoms with E-state index in [1.165, 1.54) is 9.08 Å². The van der Waals surface area contributed by atoms with E-state index in [4.69, 9.17) is 12.2 Å². The minimum absolute atomic E-state index is 0.234. The zero-order valence-corrected chi connectivity index (χ0v) is 10.7. The van der Waals surface area contributed by atoms with Crippen LogP contribution in [0, 0.1) is 4.77 Å². The Morgan fingerprint density at radius 3 is 2.88 bits per heavy atom. The average molecular weight is 250 g/mol. The summed E-state index contributed by atoms with van der Waals surface area (Å²) in [6.07, 6.45) is 3.21. The maximum absolute atomic E-state index is 11.9. The van der Waals surface area contributed by atoms with Crippen molar-refractivity contribution in [1.29, 1.82) is 0 Å². The molecule has 0 saturated heterocycles. The van der Waals surface area contributed by atoms with Crippen molar-refractivity contribution in [3.8, 4) is 0 Å². The molecule has 2 heterocycles. The monoisotopic (exact) mass is 250 g/mol. The van der Waals surface area contributed by atoms with E-state index >= 15 is 0 Å². The zero-order valence-electron chi connectivity index (χ0n) is 9.86. The molecule has 0 unspecified atom stereocenters. The number of fused-ring (bicyclic) bond motifs is 1. The number of hydrogen-bond donors (Lipinski definition) is 1. The number of aromatic amines is 1. The van der Waals surface area contributed by atoms with Crippen molar-refractivity contribution in [2.24, 2.45) is 7.05 Å². The Bertz CT molecular complexity index is 692. The highest BCUT2D eigenvalue weighted by molar-refractivity contribution is 7.71. The van der Waals surface area contributed by atoms with Crippen LogP contribution in [0.5, 0.6) is 0 Å². The molecule has 6 heteroatoms. The van der Waals surface area contributed by atoms with E-state index in [9.17, 15) is 4.79 Å². The van der Waals surface area contributed by atoms with Gasteiger partial charge in [-0.25, -0.2) is 13.9 Å². The zero-order chi connectivity index (χ0) is 12.6. The van der Waals surface area contributed by atoms with E-state index in [0.717, 1.165) is 17.7 Å². The van der Waals surface area contributed by atoms with E-state index in [1.807, 2.05) is 6.92 Å². The summed E-state index contributed by atoms with van der Waals surface area (Å²) in [5.41, 5.74) is 2.26. The highest BCUT2D eigenvalue weighted by Gasteiger charge is 2.13. The second-order valence-corrected chi connectivity index (χ2v) is 4.16. The molecule has 0 amide bonds. The molecule has 90 valence electrons. The third kappa shape index (κ3) is 1.74. The molecule has 0 aliphatic heterocycles. The molecule has 0 radical (unpaired) electrons. The van der Waals surface area contributed by atoms with Crippen LogP contribution in [0.3, 0.4) is 0 Å². The molecule has 0 spiro atoms. The maximum Gasteiger partial charge on any atom is 0.333 e. The van der Waals surface area contributed by atoms with E-state index in [0.29, 0.717) is 16.8 Å². The topological polar surface area (TPSA) is 55.1 Å². The molecule has 0 aliphatic rings. The van der Waals surface area contributed by atoms with Gasteiger partial charge in [0, 0.05) is 18.3 Å². The summed E-state index contributed by atoms with van der Waals surface area (Å²) in [5.74, 6) is 0. The Kier molecular flexibility index (Phi) is 2.97. The third-order valence-corrected chi connectivity index (χ3v) is 3.17. The lowest BCUT2D eigenvalue weighted by molar-refractivity contribution is 0.752. The van der Waals surface area contributed by atoms with E-state index in [1.54, 1.807) is 13.1 Å². The van der Waals surface area contributed by atoms with Gasteiger partial charge < -0.3 is 4.98 Å².